The number of nitrogens with one attached hydrogen (secondary N) is 3. The third-order valence-corrected chi connectivity index (χ3v) is 6.63. The fourth-order valence-corrected chi connectivity index (χ4v) is 4.52. The average molecular weight is 537 g/mol. The summed E-state index contributed by atoms with van der Waals surface area (Å²) in [5.41, 5.74) is 1.69. The molecular weight excluding hydrogens is 508 g/mol. The summed E-state index contributed by atoms with van der Waals surface area (Å²) in [5, 5.41) is 9.32. The molecule has 11 heteroatoms. The molecule has 0 aliphatic carbocycles. The van der Waals surface area contributed by atoms with E-state index in [2.05, 4.69) is 30.8 Å². The van der Waals surface area contributed by atoms with Gasteiger partial charge >= 0.3 is 0 Å². The second-order valence-electron chi connectivity index (χ2n) is 9.02. The van der Waals surface area contributed by atoms with Crippen LogP contribution in [0.25, 0.3) is 0 Å². The number of aromatic nitrogens is 2. The number of amides is 2. The van der Waals surface area contributed by atoms with Crippen molar-refractivity contribution in [3.05, 3.63) is 71.1 Å². The maximum absolute atomic E-state index is 13.5. The van der Waals surface area contributed by atoms with E-state index in [1.54, 1.807) is 30.3 Å². The molecule has 3 N–H and O–H groups in total. The summed E-state index contributed by atoms with van der Waals surface area (Å²) in [6, 6.07) is 12.1. The second kappa shape index (κ2) is 12.2. The van der Waals surface area contributed by atoms with Crippen molar-refractivity contribution in [2.75, 3.05) is 54.9 Å². The number of carbonyl (C=O) groups excluding carboxylic acids is 2. The van der Waals surface area contributed by atoms with Crippen LogP contribution in [0.3, 0.4) is 0 Å². The zero-order chi connectivity index (χ0) is 26.3. The Labute approximate surface area is 225 Å². The van der Waals surface area contributed by atoms with Gasteiger partial charge < -0.3 is 30.3 Å². The van der Waals surface area contributed by atoms with Crippen LogP contribution in [0, 0.1) is 0 Å². The van der Waals surface area contributed by atoms with Crippen molar-refractivity contribution in [2.45, 2.75) is 18.9 Å². The van der Waals surface area contributed by atoms with Crippen LogP contribution >= 0.6 is 11.6 Å². The first kappa shape index (κ1) is 25.9. The largest absolute Gasteiger partial charge is 0.489 e. The number of benzene rings is 1. The van der Waals surface area contributed by atoms with Crippen LogP contribution < -0.4 is 25.6 Å². The SMILES string of the molecule is O=C(Nc1cccnc1C(=O)Nc1ccc(Cl)cn1)c1ccc(N2CCOCC2)cc1OC1CCNCC1. The molecule has 2 amide bonds. The van der Waals surface area contributed by atoms with Crippen LogP contribution in [0.4, 0.5) is 17.2 Å². The molecule has 3 aromatic rings. The number of anilines is 3. The van der Waals surface area contributed by atoms with Gasteiger partial charge in [0.15, 0.2) is 5.69 Å². The van der Waals surface area contributed by atoms with Crippen molar-refractivity contribution in [1.29, 1.82) is 0 Å². The molecule has 1 aromatic carbocycles. The fourth-order valence-electron chi connectivity index (χ4n) is 4.41. The van der Waals surface area contributed by atoms with Gasteiger partial charge in [-0.2, -0.15) is 0 Å². The molecule has 2 aliphatic rings. The van der Waals surface area contributed by atoms with Gasteiger partial charge in [0.05, 0.1) is 29.5 Å². The minimum atomic E-state index is -0.510. The van der Waals surface area contributed by atoms with E-state index in [9.17, 15) is 9.59 Å². The Kier molecular flexibility index (Phi) is 8.32. The third-order valence-electron chi connectivity index (χ3n) is 6.41. The Morgan fingerprint density at radius 1 is 1.03 bits per heavy atom. The number of rotatable bonds is 7. The van der Waals surface area contributed by atoms with Gasteiger partial charge in [0.25, 0.3) is 11.8 Å². The van der Waals surface area contributed by atoms with Crippen molar-refractivity contribution in [3.8, 4) is 5.75 Å². The molecule has 2 aliphatic heterocycles. The van der Waals surface area contributed by atoms with Crippen LogP contribution in [0.5, 0.6) is 5.75 Å². The van der Waals surface area contributed by atoms with Crippen LogP contribution in [0.1, 0.15) is 33.7 Å². The first-order valence-corrected chi connectivity index (χ1v) is 13.0. The molecule has 0 radical (unpaired) electrons. The number of morpholine rings is 1. The number of halogens is 1. The molecule has 4 heterocycles. The number of nitrogens with zero attached hydrogens (tertiary/aromatic N) is 3. The summed E-state index contributed by atoms with van der Waals surface area (Å²) < 4.78 is 11.9. The van der Waals surface area contributed by atoms with E-state index in [4.69, 9.17) is 21.1 Å². The van der Waals surface area contributed by atoms with E-state index < -0.39 is 11.8 Å². The minimum absolute atomic E-state index is 0.00865. The Hall–Kier alpha value is -3.73. The molecule has 2 fully saturated rings. The lowest BCUT2D eigenvalue weighted by Crippen LogP contribution is -2.36. The van der Waals surface area contributed by atoms with Crippen molar-refractivity contribution in [2.24, 2.45) is 0 Å². The average Bonchev–Trinajstić information content (AvgIpc) is 2.95. The lowest BCUT2D eigenvalue weighted by Gasteiger charge is -2.30. The van der Waals surface area contributed by atoms with E-state index in [1.807, 2.05) is 12.1 Å². The van der Waals surface area contributed by atoms with E-state index in [1.165, 1.54) is 12.4 Å². The molecule has 0 spiro atoms. The number of hydrogen-bond donors (Lipinski definition) is 3. The van der Waals surface area contributed by atoms with Gasteiger partial charge in [-0.3, -0.25) is 9.59 Å². The van der Waals surface area contributed by atoms with Gasteiger partial charge in [0.2, 0.25) is 0 Å². The normalized spacial score (nSPS) is 16.1. The highest BCUT2D eigenvalue weighted by molar-refractivity contribution is 6.30. The molecule has 38 heavy (non-hydrogen) atoms. The van der Waals surface area contributed by atoms with E-state index in [0.29, 0.717) is 35.4 Å². The second-order valence-corrected chi connectivity index (χ2v) is 9.45. The van der Waals surface area contributed by atoms with Gasteiger partial charge in [0.1, 0.15) is 17.7 Å². The molecule has 0 unspecified atom stereocenters. The van der Waals surface area contributed by atoms with Crippen LogP contribution in [0.2, 0.25) is 5.02 Å². The topological polar surface area (TPSA) is 118 Å². The summed E-state index contributed by atoms with van der Waals surface area (Å²) in [5.74, 6) is -0.0731. The van der Waals surface area contributed by atoms with E-state index >= 15 is 0 Å². The summed E-state index contributed by atoms with van der Waals surface area (Å²) in [7, 11) is 0. The van der Waals surface area contributed by atoms with Crippen LogP contribution in [-0.4, -0.2) is 67.3 Å². The van der Waals surface area contributed by atoms with Gasteiger partial charge in [-0.15, -0.1) is 0 Å². The highest BCUT2D eigenvalue weighted by atomic mass is 35.5. The Bertz CT molecular complexity index is 1280. The zero-order valence-corrected chi connectivity index (χ0v) is 21.5. The summed E-state index contributed by atoms with van der Waals surface area (Å²) >= 11 is 5.88. The standard InChI is InChI=1S/C27H29ClN6O4/c28-18-3-6-24(31-17-18)33-27(36)25-22(2-1-9-30-25)32-26(35)21-5-4-19(34-12-14-37-15-13-34)16-23(21)38-20-7-10-29-11-8-20/h1-6,9,16-17,20,29H,7-8,10-15H2,(H,32,35)(H,31,33,36). The number of carbonyl (C=O) groups is 2. The Morgan fingerprint density at radius 2 is 1.84 bits per heavy atom. The maximum Gasteiger partial charge on any atom is 0.277 e. The molecule has 0 saturated carbocycles. The molecule has 2 saturated heterocycles. The number of hydrogen-bond acceptors (Lipinski definition) is 8. The van der Waals surface area contributed by atoms with Crippen LogP contribution in [-0.2, 0) is 4.74 Å². The molecule has 10 nitrogen and oxygen atoms in total. The van der Waals surface area contributed by atoms with Crippen molar-refractivity contribution < 1.29 is 19.1 Å². The zero-order valence-electron chi connectivity index (χ0n) is 20.8. The fraction of sp³-hybridized carbons (Fsp3) is 0.333. The van der Waals surface area contributed by atoms with Crippen LogP contribution in [0.15, 0.2) is 54.9 Å². The van der Waals surface area contributed by atoms with Gasteiger partial charge in [-0.1, -0.05) is 11.6 Å². The molecule has 0 atom stereocenters. The van der Waals surface area contributed by atoms with Gasteiger partial charge in [-0.25, -0.2) is 9.97 Å². The smallest absolute Gasteiger partial charge is 0.277 e. The Morgan fingerprint density at radius 3 is 2.61 bits per heavy atom. The van der Waals surface area contributed by atoms with Gasteiger partial charge in [0, 0.05) is 37.2 Å². The van der Waals surface area contributed by atoms with Crippen molar-refractivity contribution >= 4 is 40.6 Å². The summed E-state index contributed by atoms with van der Waals surface area (Å²) in [6.07, 6.45) is 4.64. The lowest BCUT2D eigenvalue weighted by molar-refractivity contribution is 0.101. The van der Waals surface area contributed by atoms with E-state index in [0.717, 1.165) is 44.7 Å². The van der Waals surface area contributed by atoms with E-state index in [-0.39, 0.29) is 17.5 Å². The van der Waals surface area contributed by atoms with Gasteiger partial charge in [-0.05, 0) is 62.3 Å². The van der Waals surface area contributed by atoms with Crippen molar-refractivity contribution in [1.82, 2.24) is 15.3 Å². The quantitative estimate of drug-likeness (QED) is 0.419. The Balaban J connectivity index is 1.38. The molecule has 5 rings (SSSR count). The number of ether oxygens (including phenoxy) is 2. The molecule has 0 bridgehead atoms. The monoisotopic (exact) mass is 536 g/mol. The predicted octanol–water partition coefficient (Wildman–Crippen LogP) is 3.60. The summed E-state index contributed by atoms with van der Waals surface area (Å²) in [4.78, 5) is 36.9. The predicted molar refractivity (Wildman–Crippen MR) is 145 cm³/mol. The molecule has 198 valence electrons. The highest BCUT2D eigenvalue weighted by Crippen LogP contribution is 2.30. The van der Waals surface area contributed by atoms with Crippen molar-refractivity contribution in [3.63, 3.8) is 0 Å². The summed E-state index contributed by atoms with van der Waals surface area (Å²) in [6.45, 7) is 4.59. The third kappa shape index (κ3) is 6.39. The first-order valence-electron chi connectivity index (χ1n) is 12.6. The molecule has 2 aromatic heterocycles. The minimum Gasteiger partial charge on any atom is -0.489 e. The highest BCUT2D eigenvalue weighted by Gasteiger charge is 2.23. The maximum atomic E-state index is 13.5. The first-order chi connectivity index (χ1) is 18.6. The lowest BCUT2D eigenvalue weighted by atomic mass is 10.1. The number of pyridine rings is 2. The molecular formula is C27H29ClN6O4. The number of piperidine rings is 1.